The third kappa shape index (κ3) is 75.3. The fraction of sp³-hybridized carbons (Fsp3) is 0.837. The molecule has 125 heavy (non-hydrogen) atoms. The molecule has 0 bridgehead atoms. The molecular weight excluding hydrogens is 1610 g/mol. The summed E-state index contributed by atoms with van der Waals surface area (Å²) in [5, 5.41) is 55.5. The highest BCUT2D eigenvalue weighted by Crippen LogP contribution is 2.25. The van der Waals surface area contributed by atoms with Crippen molar-refractivity contribution >= 4 is 88.4 Å². The van der Waals surface area contributed by atoms with Gasteiger partial charge in [0.05, 0.1) is 57.3 Å². The van der Waals surface area contributed by atoms with E-state index in [0.29, 0.717) is 116 Å². The van der Waals surface area contributed by atoms with Crippen LogP contribution in [0, 0.1) is 11.8 Å². The normalized spacial score (nSPS) is 12.8. The van der Waals surface area contributed by atoms with Crippen LogP contribution in [-0.2, 0) is 90.9 Å². The van der Waals surface area contributed by atoms with Crippen molar-refractivity contribution in [2.45, 2.75) is 397 Å². The lowest BCUT2D eigenvalue weighted by Gasteiger charge is -2.23. The predicted octanol–water partition coefficient (Wildman–Crippen LogP) is 11.7. The number of unbranched alkanes of at least 4 members (excludes halogenated alkanes) is 33. The highest BCUT2D eigenvalue weighted by Gasteiger charge is 2.31. The number of aliphatic carboxylic acids is 4. The van der Waals surface area contributed by atoms with E-state index in [9.17, 15) is 82.1 Å². The number of hydrogen-bond acceptors (Lipinski definition) is 22. The number of carboxylic acids is 4. The number of nitrogens with two attached hydrogens (primary N) is 3. The van der Waals surface area contributed by atoms with Crippen LogP contribution < -0.4 is 54.4 Å². The zero-order valence-corrected chi connectivity index (χ0v) is 76.6. The van der Waals surface area contributed by atoms with Crippen LogP contribution in [0.1, 0.15) is 372 Å². The first-order chi connectivity index (χ1) is 59.9. The highest BCUT2D eigenvalue weighted by molar-refractivity contribution is 5.94. The van der Waals surface area contributed by atoms with E-state index in [0.717, 1.165) is 96.3 Å². The van der Waals surface area contributed by atoms with Gasteiger partial charge in [-0.2, -0.15) is 0 Å². The summed E-state index contributed by atoms with van der Waals surface area (Å²) in [4.78, 5) is 185. The molecule has 728 valence electrons. The molecule has 33 heteroatoms. The zero-order chi connectivity index (χ0) is 92.8. The van der Waals surface area contributed by atoms with Crippen molar-refractivity contribution in [3.05, 3.63) is 0 Å². The topological polar surface area (TPSA) is 536 Å². The van der Waals surface area contributed by atoms with Gasteiger partial charge in [0.2, 0.25) is 41.4 Å². The number of hydrogen-bond donors (Lipinski definition) is 14. The van der Waals surface area contributed by atoms with Gasteiger partial charge in [0.25, 0.3) is 0 Å². The summed E-state index contributed by atoms with van der Waals surface area (Å²) < 4.78 is 21.8. The third-order valence-corrected chi connectivity index (χ3v) is 22.1. The summed E-state index contributed by atoms with van der Waals surface area (Å²) in [7, 11) is 0. The van der Waals surface area contributed by atoms with Gasteiger partial charge in [-0.3, -0.25) is 62.3 Å². The number of ether oxygens (including phenoxy) is 4. The minimum Gasteiger partial charge on any atom is -0.481 e. The summed E-state index contributed by atoms with van der Waals surface area (Å²) in [6, 6.07) is -3.89. The summed E-state index contributed by atoms with van der Waals surface area (Å²) in [5.74, 6) is -8.33. The molecule has 17 N–H and O–H groups in total. The van der Waals surface area contributed by atoms with E-state index in [1.807, 2.05) is 0 Å². The molecule has 6 atom stereocenters. The molecule has 0 saturated heterocycles. The molecule has 0 unspecified atom stereocenters. The molecule has 0 radical (unpaired) electrons. The Morgan fingerprint density at radius 1 is 0.312 bits per heavy atom. The molecule has 7 amide bonds. The van der Waals surface area contributed by atoms with Gasteiger partial charge < -0.3 is 93.8 Å². The molecule has 0 fully saturated rings. The van der Waals surface area contributed by atoms with Gasteiger partial charge in [-0.1, -0.05) is 193 Å². The van der Waals surface area contributed by atoms with Crippen molar-refractivity contribution in [1.82, 2.24) is 37.2 Å². The van der Waals surface area contributed by atoms with Gasteiger partial charge in [0.15, 0.2) is 11.6 Å². The van der Waals surface area contributed by atoms with Crippen LogP contribution >= 0.6 is 0 Å². The van der Waals surface area contributed by atoms with Crippen LogP contribution in [-0.4, -0.2) is 224 Å². The first-order valence-corrected chi connectivity index (χ1v) is 47.5. The van der Waals surface area contributed by atoms with Crippen LogP contribution in [0.2, 0.25) is 0 Å². The van der Waals surface area contributed by atoms with Crippen molar-refractivity contribution in [3.63, 3.8) is 0 Å². The molecule has 33 nitrogen and oxygen atoms in total. The number of rotatable bonds is 92. The van der Waals surface area contributed by atoms with Gasteiger partial charge in [-0.15, -0.1) is 0 Å². The molecule has 0 saturated carbocycles. The Morgan fingerprint density at radius 2 is 0.624 bits per heavy atom. The van der Waals surface area contributed by atoms with Crippen molar-refractivity contribution in [2.75, 3.05) is 85.6 Å². The molecule has 0 rings (SSSR count). The molecule has 0 aromatic rings. The van der Waals surface area contributed by atoms with Crippen LogP contribution in [0.25, 0.3) is 0 Å². The maximum Gasteiger partial charge on any atom is 0.326 e. The number of ketones is 4. The summed E-state index contributed by atoms with van der Waals surface area (Å²) >= 11 is 0. The fourth-order valence-corrected chi connectivity index (χ4v) is 14.2. The van der Waals surface area contributed by atoms with E-state index >= 15 is 0 Å². The van der Waals surface area contributed by atoms with Crippen molar-refractivity contribution in [2.24, 2.45) is 29.0 Å². The Morgan fingerprint density at radius 3 is 0.992 bits per heavy atom. The lowest BCUT2D eigenvalue weighted by Crippen LogP contribution is -2.43. The lowest BCUT2D eigenvalue weighted by atomic mass is 9.82. The van der Waals surface area contributed by atoms with Crippen molar-refractivity contribution in [1.29, 1.82) is 0 Å². The molecule has 0 aromatic carbocycles. The van der Waals surface area contributed by atoms with E-state index in [1.54, 1.807) is 13.8 Å². The molecule has 0 aliphatic rings. The molecule has 0 heterocycles. The quantitative estimate of drug-likeness (QED) is 0.0252. The van der Waals surface area contributed by atoms with Gasteiger partial charge in [0, 0.05) is 107 Å². The second-order valence-corrected chi connectivity index (χ2v) is 34.2. The summed E-state index contributed by atoms with van der Waals surface area (Å²) in [5.41, 5.74) is 17.3. The van der Waals surface area contributed by atoms with E-state index in [4.69, 9.17) is 46.4 Å². The van der Waals surface area contributed by atoms with Crippen LogP contribution in [0.3, 0.4) is 0 Å². The first kappa shape index (κ1) is 118. The second kappa shape index (κ2) is 79.9. The number of carbonyl (C=O) groups is 15. The maximum absolute atomic E-state index is 13.8. The number of carboxylic acid groups (broad SMARTS) is 4. The SMILES string of the molecule is CC(=O)[C@H](CCCCNC(=O)[C@@H](N)CCCCCC(=O)COCCOCCNC(=O)CC[C@H](NC(=O)CCCCCCCCCCCCCCCCC(=O)O)C(=O)O)CC(=O)[C@H](CCCCNC(=O)[C@@H](N)CCCCNC(=O)COCCOCCNC(=O)CC[C@H](NC(=O)CCCCCCCCCCCCCCCCCCC(=O)O)C(=O)O)CC(=O)C(C)(C)N.[HH].[HH].[HH]. The molecular formula is C92H172N10O23. The second-order valence-electron chi connectivity index (χ2n) is 34.2. The largest absolute Gasteiger partial charge is 0.481 e. The fourth-order valence-electron chi connectivity index (χ4n) is 14.2. The Labute approximate surface area is 749 Å². The number of carbonyl (C=O) groups excluding carboxylic acids is 11. The standard InChI is InChI=1S/C92H166N10O23.3H2/c1-71(103)72(43-37-40-57-99-88(116)75(93)46-32-30-31-45-74(104)69-124-65-63-122-61-59-97-81(107)54-52-77(90(118)119)101-83(109)49-34-27-23-19-15-11-8-9-13-17-21-25-29-36-51-87(114)115)67-79(105)73(68-80(106)92(2,3)95)44-38-41-58-100-89(117)76(94)47-39-42-56-96-85(111)70-125-66-64-123-62-60-98-82(108)55-53-78(91(120)121)102-84(110)48-33-26-22-18-14-10-6-4-5-7-12-16-20-24-28-35-50-86(112)113;;;/h72-73,75-78H,4-70,93-95H2,1-3H3,(H,96,111)(H,97,107)(H,98,108)(H,99,116)(H,100,117)(H,101,109)(H,102,110)(H,112,113)(H,114,115)(H,118,119)(H,120,121);3*1H/t72-,73-,75+,76+,77+,78+;;;/m1.../s1. The van der Waals surface area contributed by atoms with Gasteiger partial charge in [-0.05, 0) is 117 Å². The minimum absolute atomic E-state index is 0. The lowest BCUT2D eigenvalue weighted by molar-refractivity contribution is -0.142. The van der Waals surface area contributed by atoms with Crippen LogP contribution in [0.5, 0.6) is 0 Å². The Bertz CT molecular complexity index is 3000. The van der Waals surface area contributed by atoms with Crippen LogP contribution in [0.15, 0.2) is 0 Å². The monoisotopic (exact) mass is 1790 g/mol. The Kier molecular flexibility index (Phi) is 75.2. The Balaban J connectivity index is -0.0000256. The van der Waals surface area contributed by atoms with Gasteiger partial charge >= 0.3 is 23.9 Å². The number of Topliss-reactive ketones (excluding diaryl/α,β-unsaturated/α-hetero) is 4. The summed E-state index contributed by atoms with van der Waals surface area (Å²) in [6.45, 7) is 6.54. The van der Waals surface area contributed by atoms with Gasteiger partial charge in [-0.25, -0.2) is 9.59 Å². The minimum atomic E-state index is -1.20. The van der Waals surface area contributed by atoms with E-state index in [-0.39, 0.29) is 205 Å². The van der Waals surface area contributed by atoms with E-state index < -0.39 is 65.4 Å². The highest BCUT2D eigenvalue weighted by atomic mass is 16.5. The van der Waals surface area contributed by atoms with Crippen LogP contribution in [0.4, 0.5) is 0 Å². The third-order valence-electron chi connectivity index (χ3n) is 22.1. The molecule has 0 aromatic heterocycles. The smallest absolute Gasteiger partial charge is 0.326 e. The zero-order valence-electron chi connectivity index (χ0n) is 76.6. The van der Waals surface area contributed by atoms with E-state index in [2.05, 4.69) is 37.2 Å². The average Bonchev–Trinajstić information content (AvgIpc) is 0.867. The average molecular weight is 1790 g/mol. The van der Waals surface area contributed by atoms with Crippen molar-refractivity contribution in [3.8, 4) is 0 Å². The van der Waals surface area contributed by atoms with E-state index in [1.165, 1.54) is 90.4 Å². The first-order valence-electron chi connectivity index (χ1n) is 47.5. The molecule has 0 spiro atoms. The predicted molar refractivity (Wildman–Crippen MR) is 485 cm³/mol. The molecule has 0 aliphatic heterocycles. The van der Waals surface area contributed by atoms with Crippen molar-refractivity contribution < 1.29 is 116 Å². The molecule has 0 aliphatic carbocycles. The number of amides is 7. The van der Waals surface area contributed by atoms with Gasteiger partial charge in [0.1, 0.15) is 36.9 Å². The summed E-state index contributed by atoms with van der Waals surface area (Å²) in [6.07, 6.45) is 39.7. The Hall–Kier alpha value is -7.43. The number of nitrogens with one attached hydrogen (secondary N) is 7. The maximum atomic E-state index is 13.8.